The molecule has 0 unspecified atom stereocenters. The summed E-state index contributed by atoms with van der Waals surface area (Å²) >= 11 is 0. The number of hydrogen-bond acceptors (Lipinski definition) is 4. The lowest BCUT2D eigenvalue weighted by Gasteiger charge is -2.29. The average Bonchev–Trinajstić information content (AvgIpc) is 0.740. The van der Waals surface area contributed by atoms with Gasteiger partial charge in [-0.25, -0.2) is 0 Å². The van der Waals surface area contributed by atoms with E-state index in [1.54, 1.807) is 0 Å². The minimum absolute atomic E-state index is 1.06. The minimum Gasteiger partial charge on any atom is -0.310 e. The molecule has 100 heavy (non-hydrogen) atoms. The summed E-state index contributed by atoms with van der Waals surface area (Å²) in [5.74, 6) is 0. The molecule has 4 nitrogen and oxygen atoms in total. The highest BCUT2D eigenvalue weighted by Crippen LogP contribution is 2.49. The van der Waals surface area contributed by atoms with Crippen LogP contribution in [0.5, 0.6) is 0 Å². The van der Waals surface area contributed by atoms with E-state index >= 15 is 0 Å². The quantitative estimate of drug-likeness (QED) is 0.0949. The molecular formula is C96H66N4. The molecule has 470 valence electrons. The minimum atomic E-state index is 1.06. The highest BCUT2D eigenvalue weighted by atomic mass is 15.2. The molecule has 0 fully saturated rings. The molecule has 0 N–H and O–H groups in total. The van der Waals surface area contributed by atoms with Gasteiger partial charge in [-0.3, -0.25) is 0 Å². The first-order valence-electron chi connectivity index (χ1n) is 34.3. The van der Waals surface area contributed by atoms with Crippen LogP contribution in [-0.2, 0) is 0 Å². The standard InChI is InChI=1S/C96H66N4/c1-5-29-76(30-6-1)97(84-61-52-67-24-13-14-25-72(67)62-84)80-53-44-68(45-54-80)69-46-55-81(56-47-69)98(77-31-7-2-8-32-77)85-63-73-26-15-19-38-87(73)93(66-85)91-42-23-43-92-95(65-75-28-17-20-39-88(75)96(91)92)100(79-35-11-4-12-36-79)83-59-50-71(51-60-83)70-48-57-82(58-49-70)99(78-33-9-3-10-34-78)94-64-74-27-16-18-37-86(74)89-40-21-22-41-90(89)94/h1-66H. The average molecular weight is 1280 g/mol. The van der Waals surface area contributed by atoms with Crippen molar-refractivity contribution >= 4 is 133 Å². The first-order valence-corrected chi connectivity index (χ1v) is 34.3. The van der Waals surface area contributed by atoms with Gasteiger partial charge in [-0.15, -0.1) is 0 Å². The second kappa shape index (κ2) is 25.7. The van der Waals surface area contributed by atoms with Gasteiger partial charge in [0.2, 0.25) is 0 Å². The third-order valence-electron chi connectivity index (χ3n) is 19.7. The van der Waals surface area contributed by atoms with Gasteiger partial charge in [0.1, 0.15) is 0 Å². The summed E-state index contributed by atoms with van der Waals surface area (Å²) in [6, 6.07) is 146. The van der Waals surface area contributed by atoms with E-state index in [0.29, 0.717) is 0 Å². The number of hydrogen-bond donors (Lipinski definition) is 0. The molecule has 18 aromatic rings. The smallest absolute Gasteiger partial charge is 0.0546 e. The van der Waals surface area contributed by atoms with Crippen molar-refractivity contribution in [2.75, 3.05) is 19.6 Å². The Labute approximate surface area is 582 Å². The van der Waals surface area contributed by atoms with Crippen LogP contribution in [-0.4, -0.2) is 0 Å². The van der Waals surface area contributed by atoms with Gasteiger partial charge >= 0.3 is 0 Å². The Bertz CT molecular complexity index is 6000. The molecule has 18 aromatic carbocycles. The predicted molar refractivity (Wildman–Crippen MR) is 427 cm³/mol. The Balaban J connectivity index is 0.709. The lowest BCUT2D eigenvalue weighted by molar-refractivity contribution is 1.28. The van der Waals surface area contributed by atoms with Crippen LogP contribution < -0.4 is 19.6 Å². The number of nitrogens with zero attached hydrogens (tertiary/aromatic N) is 4. The van der Waals surface area contributed by atoms with Gasteiger partial charge in [0.25, 0.3) is 0 Å². The van der Waals surface area contributed by atoms with Crippen molar-refractivity contribution in [1.82, 2.24) is 0 Å². The van der Waals surface area contributed by atoms with E-state index in [-0.39, 0.29) is 0 Å². The Morgan fingerprint density at radius 2 is 0.460 bits per heavy atom. The fraction of sp³-hybridized carbons (Fsp3) is 0. The van der Waals surface area contributed by atoms with Crippen LogP contribution in [0.25, 0.3) is 98.0 Å². The van der Waals surface area contributed by atoms with E-state index in [1.807, 2.05) is 0 Å². The van der Waals surface area contributed by atoms with Crippen molar-refractivity contribution in [2.24, 2.45) is 0 Å². The van der Waals surface area contributed by atoms with E-state index in [9.17, 15) is 0 Å². The van der Waals surface area contributed by atoms with Crippen molar-refractivity contribution in [1.29, 1.82) is 0 Å². The molecule has 0 aliphatic heterocycles. The van der Waals surface area contributed by atoms with Crippen molar-refractivity contribution in [3.05, 3.63) is 400 Å². The molecule has 0 atom stereocenters. The van der Waals surface area contributed by atoms with Gasteiger partial charge in [0.05, 0.1) is 11.4 Å². The SMILES string of the molecule is c1ccc(N(c2ccc(-c3ccc(N(c4ccccc4)c4cc(-c5cccc6c(N(c7ccccc7)c7ccc(-c8ccc(N(c9ccccc9)c9cc%10ccccc%10c%10ccccc9%10)cc8)cc7)cc7ccccc7c56)c5ccccc5c4)cc3)cc2)c2ccc3ccccc3c2)cc1. The van der Waals surface area contributed by atoms with Crippen molar-refractivity contribution in [2.45, 2.75) is 0 Å². The van der Waals surface area contributed by atoms with E-state index in [0.717, 1.165) is 112 Å². The van der Waals surface area contributed by atoms with Gasteiger partial charge in [-0.2, -0.15) is 0 Å². The third kappa shape index (κ3) is 11.0. The van der Waals surface area contributed by atoms with Crippen LogP contribution in [0.15, 0.2) is 400 Å². The highest BCUT2D eigenvalue weighted by Gasteiger charge is 2.24. The molecule has 0 aromatic heterocycles. The zero-order chi connectivity index (χ0) is 66.3. The van der Waals surface area contributed by atoms with Gasteiger partial charge in [-0.05, 0) is 221 Å². The molecule has 0 saturated heterocycles. The molecule has 4 heteroatoms. The predicted octanol–water partition coefficient (Wildman–Crippen LogP) is 27.5. The van der Waals surface area contributed by atoms with Crippen LogP contribution in [0.1, 0.15) is 0 Å². The number of fused-ring (bicyclic) bond motifs is 8. The molecule has 0 aliphatic rings. The molecule has 0 heterocycles. The first kappa shape index (κ1) is 59.2. The summed E-state index contributed by atoms with van der Waals surface area (Å²) in [5, 5.41) is 14.4. The number of para-hydroxylation sites is 4. The molecule has 0 spiro atoms. The largest absolute Gasteiger partial charge is 0.310 e. The maximum Gasteiger partial charge on any atom is 0.0546 e. The van der Waals surface area contributed by atoms with Crippen molar-refractivity contribution in [3.63, 3.8) is 0 Å². The van der Waals surface area contributed by atoms with E-state index in [1.165, 1.54) is 54.0 Å². The molecular weight excluding hydrogens is 1210 g/mol. The molecule has 0 amide bonds. The summed E-state index contributed by atoms with van der Waals surface area (Å²) < 4.78 is 0. The maximum atomic E-state index is 2.44. The monoisotopic (exact) mass is 1270 g/mol. The number of benzene rings is 18. The summed E-state index contributed by atoms with van der Waals surface area (Å²) in [6.07, 6.45) is 0. The summed E-state index contributed by atoms with van der Waals surface area (Å²) in [6.45, 7) is 0. The van der Waals surface area contributed by atoms with Gasteiger partial charge in [0.15, 0.2) is 0 Å². The molecule has 0 aliphatic carbocycles. The first-order chi connectivity index (χ1) is 49.6. The van der Waals surface area contributed by atoms with Crippen LogP contribution in [0.4, 0.5) is 68.2 Å². The number of anilines is 12. The zero-order valence-electron chi connectivity index (χ0n) is 54.9. The molecule has 0 bridgehead atoms. The van der Waals surface area contributed by atoms with Crippen LogP contribution in [0.3, 0.4) is 0 Å². The number of rotatable bonds is 15. The Morgan fingerprint density at radius 3 is 0.960 bits per heavy atom. The van der Waals surface area contributed by atoms with Crippen LogP contribution in [0.2, 0.25) is 0 Å². The van der Waals surface area contributed by atoms with Gasteiger partial charge in [-0.1, -0.05) is 267 Å². The van der Waals surface area contributed by atoms with Crippen LogP contribution >= 0.6 is 0 Å². The van der Waals surface area contributed by atoms with Crippen molar-refractivity contribution < 1.29 is 0 Å². The van der Waals surface area contributed by atoms with Gasteiger partial charge in [0, 0.05) is 67.6 Å². The Kier molecular flexibility index (Phi) is 15.2. The third-order valence-corrected chi connectivity index (χ3v) is 19.7. The summed E-state index contributed by atoms with van der Waals surface area (Å²) in [5.41, 5.74) is 20.0. The highest BCUT2D eigenvalue weighted by molar-refractivity contribution is 6.22. The zero-order valence-corrected chi connectivity index (χ0v) is 54.9. The summed E-state index contributed by atoms with van der Waals surface area (Å²) in [7, 11) is 0. The lowest BCUT2D eigenvalue weighted by Crippen LogP contribution is -2.11. The molecule has 0 radical (unpaired) electrons. The Morgan fingerprint density at radius 1 is 0.140 bits per heavy atom. The summed E-state index contributed by atoms with van der Waals surface area (Å²) in [4.78, 5) is 9.57. The lowest BCUT2D eigenvalue weighted by atomic mass is 9.89. The maximum absolute atomic E-state index is 2.44. The normalized spacial score (nSPS) is 11.4. The second-order valence-electron chi connectivity index (χ2n) is 25.6. The fourth-order valence-corrected chi connectivity index (χ4v) is 15.0. The Hall–Kier alpha value is -13.3. The van der Waals surface area contributed by atoms with Crippen molar-refractivity contribution in [3.8, 4) is 33.4 Å². The van der Waals surface area contributed by atoms with Gasteiger partial charge < -0.3 is 19.6 Å². The topological polar surface area (TPSA) is 13.0 Å². The van der Waals surface area contributed by atoms with E-state index in [2.05, 4.69) is 420 Å². The van der Waals surface area contributed by atoms with Crippen LogP contribution in [0, 0.1) is 0 Å². The fourth-order valence-electron chi connectivity index (χ4n) is 15.0. The van der Waals surface area contributed by atoms with E-state index < -0.39 is 0 Å². The second-order valence-corrected chi connectivity index (χ2v) is 25.6. The molecule has 18 rings (SSSR count). The van der Waals surface area contributed by atoms with E-state index in [4.69, 9.17) is 0 Å². The molecule has 0 saturated carbocycles.